The fourth-order valence-corrected chi connectivity index (χ4v) is 3.70. The van der Waals surface area contributed by atoms with Crippen LogP contribution in [0.15, 0.2) is 10.5 Å². The molecule has 112 valence electrons. The average Bonchev–Trinajstić information content (AvgIpc) is 2.93. The van der Waals surface area contributed by atoms with Gasteiger partial charge in [-0.3, -0.25) is 4.79 Å². The minimum absolute atomic E-state index is 0. The number of amides is 1. The Morgan fingerprint density at radius 2 is 2.10 bits per heavy atom. The number of fused-ring (bicyclic) bond motifs is 1. The molecule has 4 nitrogen and oxygen atoms in total. The van der Waals surface area contributed by atoms with Gasteiger partial charge in [0.15, 0.2) is 0 Å². The van der Waals surface area contributed by atoms with Crippen molar-refractivity contribution in [3.8, 4) is 0 Å². The Kier molecular flexibility index (Phi) is 4.45. The molecule has 3 unspecified atom stereocenters. The fraction of sp³-hybridized carbons (Fsp3) is 0.667. The van der Waals surface area contributed by atoms with Gasteiger partial charge >= 0.3 is 0 Å². The summed E-state index contributed by atoms with van der Waals surface area (Å²) in [6.45, 7) is 5.41. The maximum atomic E-state index is 12.6. The smallest absolute Gasteiger partial charge is 0.257 e. The third-order valence-electron chi connectivity index (χ3n) is 4.71. The molecule has 2 fully saturated rings. The van der Waals surface area contributed by atoms with Crippen LogP contribution in [0.25, 0.3) is 0 Å². The standard InChI is InChI=1S/C15H22N2O2.ClH/c1-9-6-12(10(2)19-9)15(18)17-7-11-4-3-5-14(16)13(11)8-17;/h6,11,13-14H,3-5,7-8,16H2,1-2H3;1H. The summed E-state index contributed by atoms with van der Waals surface area (Å²) in [6, 6.07) is 2.11. The van der Waals surface area contributed by atoms with Crippen molar-refractivity contribution < 1.29 is 9.21 Å². The molecular weight excluding hydrogens is 276 g/mol. The highest BCUT2D eigenvalue weighted by molar-refractivity contribution is 5.95. The Balaban J connectivity index is 0.00000147. The van der Waals surface area contributed by atoms with Crippen LogP contribution in [0.2, 0.25) is 0 Å². The second kappa shape index (κ2) is 5.78. The molecule has 0 bridgehead atoms. The van der Waals surface area contributed by atoms with Crippen molar-refractivity contribution in [3.05, 3.63) is 23.2 Å². The summed E-state index contributed by atoms with van der Waals surface area (Å²) in [5, 5.41) is 0. The van der Waals surface area contributed by atoms with Gasteiger partial charge in [-0.2, -0.15) is 0 Å². The molecule has 0 spiro atoms. The minimum Gasteiger partial charge on any atom is -0.466 e. The first kappa shape index (κ1) is 15.4. The van der Waals surface area contributed by atoms with Gasteiger partial charge in [-0.25, -0.2) is 0 Å². The van der Waals surface area contributed by atoms with Gasteiger partial charge in [0.2, 0.25) is 0 Å². The van der Waals surface area contributed by atoms with E-state index in [1.165, 1.54) is 12.8 Å². The number of hydrogen-bond donors (Lipinski definition) is 1. The van der Waals surface area contributed by atoms with E-state index in [2.05, 4.69) is 0 Å². The lowest BCUT2D eigenvalue weighted by Crippen LogP contribution is -2.38. The lowest BCUT2D eigenvalue weighted by atomic mass is 9.78. The van der Waals surface area contributed by atoms with Gasteiger partial charge in [-0.1, -0.05) is 6.42 Å². The van der Waals surface area contributed by atoms with Crippen LogP contribution in [-0.2, 0) is 0 Å². The molecule has 1 aromatic heterocycles. The molecule has 2 aliphatic rings. The Morgan fingerprint density at radius 1 is 1.35 bits per heavy atom. The number of nitrogens with zero attached hydrogens (tertiary/aromatic N) is 1. The number of rotatable bonds is 1. The zero-order valence-corrected chi connectivity index (χ0v) is 12.9. The zero-order valence-electron chi connectivity index (χ0n) is 12.1. The SMILES string of the molecule is Cc1cc(C(=O)N2CC3CCCC(N)C3C2)c(C)o1.Cl. The van der Waals surface area contributed by atoms with E-state index >= 15 is 0 Å². The number of nitrogens with two attached hydrogens (primary N) is 1. The number of halogens is 1. The van der Waals surface area contributed by atoms with Crippen LogP contribution in [0.4, 0.5) is 0 Å². The van der Waals surface area contributed by atoms with E-state index in [4.69, 9.17) is 10.2 Å². The number of likely N-dealkylation sites (tertiary alicyclic amines) is 1. The maximum absolute atomic E-state index is 12.6. The first-order valence-corrected chi connectivity index (χ1v) is 7.18. The molecule has 1 aromatic rings. The molecular formula is C15H23ClN2O2. The third kappa shape index (κ3) is 2.59. The Bertz CT molecular complexity index is 500. The van der Waals surface area contributed by atoms with Crippen LogP contribution in [0, 0.1) is 25.7 Å². The highest BCUT2D eigenvalue weighted by atomic mass is 35.5. The summed E-state index contributed by atoms with van der Waals surface area (Å²) < 4.78 is 5.46. The average molecular weight is 299 g/mol. The van der Waals surface area contributed by atoms with E-state index in [9.17, 15) is 4.79 Å². The quantitative estimate of drug-likeness (QED) is 0.866. The third-order valence-corrected chi connectivity index (χ3v) is 4.71. The first-order valence-electron chi connectivity index (χ1n) is 7.18. The van der Waals surface area contributed by atoms with Gasteiger partial charge in [0, 0.05) is 19.1 Å². The van der Waals surface area contributed by atoms with Crippen molar-refractivity contribution >= 4 is 18.3 Å². The van der Waals surface area contributed by atoms with Crippen molar-refractivity contribution in [2.24, 2.45) is 17.6 Å². The van der Waals surface area contributed by atoms with Gasteiger partial charge in [-0.15, -0.1) is 12.4 Å². The highest BCUT2D eigenvalue weighted by Gasteiger charge is 2.40. The highest BCUT2D eigenvalue weighted by Crippen LogP contribution is 2.36. The van der Waals surface area contributed by atoms with E-state index < -0.39 is 0 Å². The predicted octanol–water partition coefficient (Wildman–Crippen LogP) is 2.52. The van der Waals surface area contributed by atoms with Crippen LogP contribution in [0.3, 0.4) is 0 Å². The molecule has 1 amide bonds. The van der Waals surface area contributed by atoms with E-state index in [1.807, 2.05) is 24.8 Å². The Labute approximate surface area is 126 Å². The van der Waals surface area contributed by atoms with Crippen molar-refractivity contribution in [2.75, 3.05) is 13.1 Å². The van der Waals surface area contributed by atoms with Crippen LogP contribution < -0.4 is 5.73 Å². The normalized spacial score (nSPS) is 28.9. The molecule has 3 atom stereocenters. The number of carbonyl (C=O) groups excluding carboxylic acids is 1. The van der Waals surface area contributed by atoms with E-state index in [0.717, 1.165) is 31.0 Å². The summed E-state index contributed by atoms with van der Waals surface area (Å²) in [7, 11) is 0. The maximum Gasteiger partial charge on any atom is 0.257 e. The van der Waals surface area contributed by atoms with Crippen molar-refractivity contribution in [1.29, 1.82) is 0 Å². The van der Waals surface area contributed by atoms with Crippen molar-refractivity contribution in [3.63, 3.8) is 0 Å². The van der Waals surface area contributed by atoms with E-state index in [-0.39, 0.29) is 24.4 Å². The second-order valence-electron chi connectivity index (χ2n) is 6.06. The lowest BCUT2D eigenvalue weighted by molar-refractivity contribution is 0.0781. The second-order valence-corrected chi connectivity index (χ2v) is 6.06. The monoisotopic (exact) mass is 298 g/mol. The van der Waals surface area contributed by atoms with Crippen LogP contribution in [0.5, 0.6) is 0 Å². The summed E-state index contributed by atoms with van der Waals surface area (Å²) in [5.41, 5.74) is 6.91. The summed E-state index contributed by atoms with van der Waals surface area (Å²) >= 11 is 0. The van der Waals surface area contributed by atoms with Crippen molar-refractivity contribution in [1.82, 2.24) is 4.90 Å². The number of carbonyl (C=O) groups is 1. The summed E-state index contributed by atoms with van der Waals surface area (Å²) in [6.07, 6.45) is 3.52. The molecule has 2 heterocycles. The Hall–Kier alpha value is -1.000. The molecule has 0 radical (unpaired) electrons. The minimum atomic E-state index is 0. The van der Waals surface area contributed by atoms with E-state index in [0.29, 0.717) is 17.4 Å². The Morgan fingerprint density at radius 3 is 2.70 bits per heavy atom. The first-order chi connectivity index (χ1) is 9.06. The predicted molar refractivity (Wildman–Crippen MR) is 80.1 cm³/mol. The molecule has 1 aliphatic carbocycles. The van der Waals surface area contributed by atoms with Gasteiger partial charge < -0.3 is 15.1 Å². The number of aryl methyl sites for hydroxylation is 2. The molecule has 0 aromatic carbocycles. The number of hydrogen-bond acceptors (Lipinski definition) is 3. The zero-order chi connectivity index (χ0) is 13.6. The lowest BCUT2D eigenvalue weighted by Gasteiger charge is -2.29. The molecule has 1 saturated heterocycles. The largest absolute Gasteiger partial charge is 0.466 e. The summed E-state index contributed by atoms with van der Waals surface area (Å²) in [4.78, 5) is 14.5. The van der Waals surface area contributed by atoms with Crippen LogP contribution in [-0.4, -0.2) is 29.9 Å². The van der Waals surface area contributed by atoms with Crippen LogP contribution >= 0.6 is 12.4 Å². The van der Waals surface area contributed by atoms with Crippen molar-refractivity contribution in [2.45, 2.75) is 39.2 Å². The fourth-order valence-electron chi connectivity index (χ4n) is 3.70. The molecule has 1 aliphatic heterocycles. The van der Waals surface area contributed by atoms with Gasteiger partial charge in [0.25, 0.3) is 5.91 Å². The molecule has 3 rings (SSSR count). The van der Waals surface area contributed by atoms with E-state index in [1.54, 1.807) is 0 Å². The molecule has 20 heavy (non-hydrogen) atoms. The van der Waals surface area contributed by atoms with Gasteiger partial charge in [-0.05, 0) is 44.6 Å². The summed E-state index contributed by atoms with van der Waals surface area (Å²) in [5.74, 6) is 2.72. The molecule has 1 saturated carbocycles. The number of furan rings is 1. The van der Waals surface area contributed by atoms with Crippen LogP contribution in [0.1, 0.15) is 41.1 Å². The topological polar surface area (TPSA) is 59.5 Å². The molecule has 5 heteroatoms. The van der Waals surface area contributed by atoms with Gasteiger partial charge in [0.05, 0.1) is 5.56 Å². The molecule has 2 N–H and O–H groups in total. The van der Waals surface area contributed by atoms with Gasteiger partial charge in [0.1, 0.15) is 11.5 Å².